The molecular formula is C10H10F3NO3. The van der Waals surface area contributed by atoms with Gasteiger partial charge in [-0.2, -0.15) is 13.2 Å². The Bertz CT molecular complexity index is 406. The van der Waals surface area contributed by atoms with E-state index < -0.39 is 24.6 Å². The second-order valence-corrected chi connectivity index (χ2v) is 3.36. The molecule has 17 heavy (non-hydrogen) atoms. The lowest BCUT2D eigenvalue weighted by molar-refractivity contribution is -0.190. The topological polar surface area (TPSA) is 69.6 Å². The molecule has 0 aliphatic carbocycles. The molecule has 1 atom stereocenters. The Morgan fingerprint density at radius 2 is 2.06 bits per heavy atom. The molecule has 4 nitrogen and oxygen atoms in total. The van der Waals surface area contributed by atoms with Crippen LogP contribution in [-0.2, 0) is 4.79 Å². The molecule has 94 valence electrons. The molecule has 7 heteroatoms. The van der Waals surface area contributed by atoms with Crippen LogP contribution in [0.25, 0.3) is 0 Å². The lowest BCUT2D eigenvalue weighted by Gasteiger charge is -2.17. The van der Waals surface area contributed by atoms with Crippen molar-refractivity contribution in [1.82, 2.24) is 0 Å². The number of carboxylic acid groups (broad SMARTS) is 1. The summed E-state index contributed by atoms with van der Waals surface area (Å²) in [6.07, 6.45) is -4.81. The number of aromatic hydroxyl groups is 1. The molecule has 0 aromatic heterocycles. The van der Waals surface area contributed by atoms with E-state index in [0.29, 0.717) is 0 Å². The van der Waals surface area contributed by atoms with Crippen molar-refractivity contribution >= 4 is 11.7 Å². The molecule has 0 saturated carbocycles. The number of phenols is 1. The van der Waals surface area contributed by atoms with Gasteiger partial charge in [0.25, 0.3) is 0 Å². The highest BCUT2D eigenvalue weighted by molar-refractivity contribution is 5.71. The molecule has 0 aliphatic rings. The molecule has 0 saturated heterocycles. The first-order chi connectivity index (χ1) is 7.80. The van der Waals surface area contributed by atoms with Crippen LogP contribution in [0.2, 0.25) is 0 Å². The van der Waals surface area contributed by atoms with Crippen LogP contribution in [-0.4, -0.2) is 28.9 Å². The van der Waals surface area contributed by atoms with E-state index in [-0.39, 0.29) is 11.4 Å². The van der Waals surface area contributed by atoms with E-state index in [2.05, 4.69) is 5.32 Å². The van der Waals surface area contributed by atoms with Crippen molar-refractivity contribution < 1.29 is 28.2 Å². The number of phenolic OH excluding ortho intramolecular Hbond substituents is 1. The van der Waals surface area contributed by atoms with Crippen LogP contribution in [0.1, 0.15) is 0 Å². The van der Waals surface area contributed by atoms with Gasteiger partial charge in [-0.3, -0.25) is 4.79 Å². The molecule has 3 N–H and O–H groups in total. The number of carboxylic acids is 1. The van der Waals surface area contributed by atoms with Gasteiger partial charge in [-0.15, -0.1) is 0 Å². The molecule has 0 amide bonds. The molecule has 1 aromatic rings. The fourth-order valence-electron chi connectivity index (χ4n) is 1.18. The fraction of sp³-hybridized carbons (Fsp3) is 0.300. The number of rotatable bonds is 4. The number of nitrogens with one attached hydrogen (secondary N) is 1. The maximum Gasteiger partial charge on any atom is 0.403 e. The number of hydrogen-bond donors (Lipinski definition) is 3. The first-order valence-corrected chi connectivity index (χ1v) is 4.63. The van der Waals surface area contributed by atoms with Crippen molar-refractivity contribution in [2.24, 2.45) is 5.92 Å². The molecule has 1 rings (SSSR count). The van der Waals surface area contributed by atoms with Crippen molar-refractivity contribution in [2.75, 3.05) is 11.9 Å². The minimum absolute atomic E-state index is 0.117. The van der Waals surface area contributed by atoms with Crippen LogP contribution in [0.3, 0.4) is 0 Å². The third-order valence-electron chi connectivity index (χ3n) is 2.05. The number of aliphatic carboxylic acids is 1. The Morgan fingerprint density at radius 3 is 2.53 bits per heavy atom. The van der Waals surface area contributed by atoms with Crippen LogP contribution in [0.5, 0.6) is 5.75 Å². The lowest BCUT2D eigenvalue weighted by atomic mass is 10.1. The molecule has 0 bridgehead atoms. The SMILES string of the molecule is O=C(O)C(CNc1cccc(O)c1)C(F)(F)F. The molecule has 1 aromatic carbocycles. The van der Waals surface area contributed by atoms with Crippen LogP contribution in [0, 0.1) is 5.92 Å². The summed E-state index contributed by atoms with van der Waals surface area (Å²) in [6.45, 7) is -0.789. The largest absolute Gasteiger partial charge is 0.508 e. The summed E-state index contributed by atoms with van der Waals surface area (Å²) < 4.78 is 36.8. The Hall–Kier alpha value is -1.92. The maximum atomic E-state index is 12.3. The Morgan fingerprint density at radius 1 is 1.41 bits per heavy atom. The highest BCUT2D eigenvalue weighted by Crippen LogP contribution is 2.27. The van der Waals surface area contributed by atoms with Crippen molar-refractivity contribution in [3.05, 3.63) is 24.3 Å². The van der Waals surface area contributed by atoms with Gasteiger partial charge in [0.15, 0.2) is 5.92 Å². The standard InChI is InChI=1S/C10H10F3NO3/c11-10(12,13)8(9(16)17)5-14-6-2-1-3-7(15)4-6/h1-4,8,14-15H,5H2,(H,16,17). The van der Waals surface area contributed by atoms with Gasteiger partial charge in [0.1, 0.15) is 5.75 Å². The number of halogens is 3. The fourth-order valence-corrected chi connectivity index (χ4v) is 1.18. The van der Waals surface area contributed by atoms with E-state index in [4.69, 9.17) is 10.2 Å². The van der Waals surface area contributed by atoms with E-state index in [1.54, 1.807) is 0 Å². The number of benzene rings is 1. The predicted molar refractivity (Wildman–Crippen MR) is 53.8 cm³/mol. The monoisotopic (exact) mass is 249 g/mol. The van der Waals surface area contributed by atoms with Crippen LogP contribution >= 0.6 is 0 Å². The Kier molecular flexibility index (Phi) is 3.82. The highest BCUT2D eigenvalue weighted by Gasteiger charge is 2.44. The average molecular weight is 249 g/mol. The van der Waals surface area contributed by atoms with Gasteiger partial charge < -0.3 is 15.5 Å². The summed E-state index contributed by atoms with van der Waals surface area (Å²) in [5.74, 6) is -4.54. The number of hydrogen-bond acceptors (Lipinski definition) is 3. The van der Waals surface area contributed by atoms with Crippen molar-refractivity contribution in [1.29, 1.82) is 0 Å². The van der Waals surface area contributed by atoms with Gasteiger partial charge in [0.05, 0.1) is 0 Å². The van der Waals surface area contributed by atoms with Crippen molar-refractivity contribution in [3.8, 4) is 5.75 Å². The molecule has 0 aliphatic heterocycles. The molecule has 1 unspecified atom stereocenters. The smallest absolute Gasteiger partial charge is 0.403 e. The zero-order chi connectivity index (χ0) is 13.1. The lowest BCUT2D eigenvalue weighted by Crippen LogP contribution is -2.36. The first kappa shape index (κ1) is 13.1. The normalized spacial score (nSPS) is 13.1. The predicted octanol–water partition coefficient (Wildman–Crippen LogP) is 2.07. The summed E-state index contributed by atoms with van der Waals surface area (Å²) in [5.41, 5.74) is 0.223. The second kappa shape index (κ2) is 4.94. The minimum atomic E-state index is -4.81. The molecular weight excluding hydrogens is 239 g/mol. The minimum Gasteiger partial charge on any atom is -0.508 e. The van der Waals surface area contributed by atoms with E-state index in [0.717, 1.165) is 0 Å². The summed E-state index contributed by atoms with van der Waals surface area (Å²) in [5, 5.41) is 19.8. The number of alkyl halides is 3. The third-order valence-corrected chi connectivity index (χ3v) is 2.05. The van der Waals surface area contributed by atoms with Crippen LogP contribution < -0.4 is 5.32 Å². The van der Waals surface area contributed by atoms with Gasteiger partial charge in [0.2, 0.25) is 0 Å². The molecule has 0 radical (unpaired) electrons. The van der Waals surface area contributed by atoms with E-state index in [1.165, 1.54) is 24.3 Å². The average Bonchev–Trinajstić information content (AvgIpc) is 2.15. The third kappa shape index (κ3) is 3.86. The van der Waals surface area contributed by atoms with Gasteiger partial charge in [-0.05, 0) is 12.1 Å². The van der Waals surface area contributed by atoms with E-state index >= 15 is 0 Å². The van der Waals surface area contributed by atoms with Crippen molar-refractivity contribution in [3.63, 3.8) is 0 Å². The summed E-state index contributed by atoms with van der Waals surface area (Å²) >= 11 is 0. The maximum absolute atomic E-state index is 12.3. The zero-order valence-corrected chi connectivity index (χ0v) is 8.53. The molecule has 0 spiro atoms. The van der Waals surface area contributed by atoms with Crippen LogP contribution in [0.4, 0.5) is 18.9 Å². The van der Waals surface area contributed by atoms with E-state index in [1.807, 2.05) is 0 Å². The van der Waals surface area contributed by atoms with Gasteiger partial charge in [-0.1, -0.05) is 6.07 Å². The number of carbonyl (C=O) groups is 1. The second-order valence-electron chi connectivity index (χ2n) is 3.36. The summed E-state index contributed by atoms with van der Waals surface area (Å²) in [6, 6.07) is 5.41. The molecule has 0 heterocycles. The van der Waals surface area contributed by atoms with Crippen LogP contribution in [0.15, 0.2) is 24.3 Å². The van der Waals surface area contributed by atoms with Crippen molar-refractivity contribution in [2.45, 2.75) is 6.18 Å². The van der Waals surface area contributed by atoms with E-state index in [9.17, 15) is 18.0 Å². The van der Waals surface area contributed by atoms with Gasteiger partial charge in [0, 0.05) is 18.3 Å². The summed E-state index contributed by atoms with van der Waals surface area (Å²) in [7, 11) is 0. The summed E-state index contributed by atoms with van der Waals surface area (Å²) in [4.78, 5) is 10.4. The Labute approximate surface area is 94.7 Å². The highest BCUT2D eigenvalue weighted by atomic mass is 19.4. The van der Waals surface area contributed by atoms with Gasteiger partial charge in [-0.25, -0.2) is 0 Å². The number of anilines is 1. The zero-order valence-electron chi connectivity index (χ0n) is 8.53. The van der Waals surface area contributed by atoms with Gasteiger partial charge >= 0.3 is 12.1 Å². The first-order valence-electron chi connectivity index (χ1n) is 4.63. The molecule has 0 fully saturated rings. The Balaban J connectivity index is 2.68. The quantitative estimate of drug-likeness (QED) is 0.764.